The quantitative estimate of drug-likeness (QED) is 0.384. The number of aromatic nitrogens is 3. The zero-order valence-corrected chi connectivity index (χ0v) is 18.4. The molecule has 0 saturated carbocycles. The van der Waals surface area contributed by atoms with E-state index in [-0.39, 0.29) is 24.0 Å². The fourth-order valence-corrected chi connectivity index (χ4v) is 2.41. The maximum absolute atomic E-state index is 4.67. The van der Waals surface area contributed by atoms with Crippen LogP contribution in [0.25, 0.3) is 0 Å². The summed E-state index contributed by atoms with van der Waals surface area (Å²) in [6.07, 6.45) is 0. The molecule has 2 rings (SSSR count). The average molecular weight is 507 g/mol. The fraction of sp³-hybridized carbons (Fsp3) is 0.438. The van der Waals surface area contributed by atoms with Crippen LogP contribution in [0.2, 0.25) is 0 Å². The minimum atomic E-state index is 0. The molecule has 0 saturated heterocycles. The molecule has 8 heteroatoms. The highest BCUT2D eigenvalue weighted by Gasteiger charge is 2.09. The molecule has 0 unspecified atom stereocenters. The number of hydrogen-bond donors (Lipinski definition) is 1. The molecule has 2 aromatic rings. The summed E-state index contributed by atoms with van der Waals surface area (Å²) in [7, 11) is 3.99. The SMILES string of the molecule is CCNC(=NCc1nnc(C)n1C)N(C)Cc1ccc(Br)cc1.I. The lowest BCUT2D eigenvalue weighted by atomic mass is 10.2. The molecular formula is C16H24BrIN6. The van der Waals surface area contributed by atoms with Crippen LogP contribution in [0.5, 0.6) is 0 Å². The van der Waals surface area contributed by atoms with E-state index in [4.69, 9.17) is 0 Å². The summed E-state index contributed by atoms with van der Waals surface area (Å²) in [5.74, 6) is 2.61. The normalized spacial score (nSPS) is 11.1. The van der Waals surface area contributed by atoms with Crippen molar-refractivity contribution >= 4 is 45.9 Å². The number of rotatable bonds is 5. The van der Waals surface area contributed by atoms with E-state index in [1.165, 1.54) is 5.56 Å². The van der Waals surface area contributed by atoms with E-state index in [9.17, 15) is 0 Å². The molecule has 0 atom stereocenters. The predicted octanol–water partition coefficient (Wildman–Crippen LogP) is 3.10. The molecule has 0 aliphatic carbocycles. The Morgan fingerprint density at radius 1 is 1.29 bits per heavy atom. The van der Waals surface area contributed by atoms with Gasteiger partial charge >= 0.3 is 0 Å². The summed E-state index contributed by atoms with van der Waals surface area (Å²) in [6.45, 7) is 6.11. The van der Waals surface area contributed by atoms with Gasteiger partial charge in [0.1, 0.15) is 12.4 Å². The van der Waals surface area contributed by atoms with Gasteiger partial charge in [0.25, 0.3) is 0 Å². The highest BCUT2D eigenvalue weighted by Crippen LogP contribution is 2.12. The number of benzene rings is 1. The Bertz CT molecular complexity index is 668. The first-order valence-electron chi connectivity index (χ1n) is 7.60. The number of hydrogen-bond acceptors (Lipinski definition) is 3. The molecule has 0 radical (unpaired) electrons. The third-order valence-electron chi connectivity index (χ3n) is 3.58. The monoisotopic (exact) mass is 506 g/mol. The topological polar surface area (TPSA) is 58.3 Å². The van der Waals surface area contributed by atoms with Crippen molar-refractivity contribution in [2.45, 2.75) is 26.9 Å². The van der Waals surface area contributed by atoms with E-state index >= 15 is 0 Å². The second kappa shape index (κ2) is 9.97. The van der Waals surface area contributed by atoms with Gasteiger partial charge in [-0.3, -0.25) is 0 Å². The van der Waals surface area contributed by atoms with Crippen LogP contribution in [0.4, 0.5) is 0 Å². The number of aliphatic imine (C=N–C) groups is 1. The molecule has 1 aromatic carbocycles. The van der Waals surface area contributed by atoms with E-state index in [0.29, 0.717) is 6.54 Å². The molecule has 0 aliphatic rings. The number of halogens is 2. The number of nitrogens with zero attached hydrogens (tertiary/aromatic N) is 5. The predicted molar refractivity (Wildman–Crippen MR) is 112 cm³/mol. The molecule has 1 aromatic heterocycles. The van der Waals surface area contributed by atoms with Crippen molar-refractivity contribution in [1.82, 2.24) is 25.0 Å². The van der Waals surface area contributed by atoms with Crippen molar-refractivity contribution in [3.8, 4) is 0 Å². The van der Waals surface area contributed by atoms with E-state index in [2.05, 4.69) is 72.5 Å². The molecule has 1 heterocycles. The van der Waals surface area contributed by atoms with Crippen LogP contribution in [0.15, 0.2) is 33.7 Å². The molecule has 0 amide bonds. The Hall–Kier alpha value is -1.16. The number of guanidine groups is 1. The Morgan fingerprint density at radius 2 is 1.96 bits per heavy atom. The molecule has 132 valence electrons. The molecule has 6 nitrogen and oxygen atoms in total. The summed E-state index contributed by atoms with van der Waals surface area (Å²) < 4.78 is 3.05. The molecular weight excluding hydrogens is 483 g/mol. The van der Waals surface area contributed by atoms with Gasteiger partial charge in [0, 0.05) is 31.7 Å². The highest BCUT2D eigenvalue weighted by molar-refractivity contribution is 14.0. The molecule has 0 spiro atoms. The van der Waals surface area contributed by atoms with E-state index in [1.807, 2.05) is 25.6 Å². The molecule has 1 N–H and O–H groups in total. The first-order chi connectivity index (χ1) is 11.0. The Kier molecular flexibility index (Phi) is 8.68. The van der Waals surface area contributed by atoms with Gasteiger partial charge in [-0.1, -0.05) is 28.1 Å². The van der Waals surface area contributed by atoms with Crippen LogP contribution in [0.3, 0.4) is 0 Å². The summed E-state index contributed by atoms with van der Waals surface area (Å²) in [4.78, 5) is 6.78. The Balaban J connectivity index is 0.00000288. The third kappa shape index (κ3) is 5.73. The number of aryl methyl sites for hydroxylation is 1. The van der Waals surface area contributed by atoms with Crippen LogP contribution < -0.4 is 5.32 Å². The Morgan fingerprint density at radius 3 is 2.50 bits per heavy atom. The Labute approximate surface area is 168 Å². The van der Waals surface area contributed by atoms with Crippen LogP contribution in [0, 0.1) is 6.92 Å². The van der Waals surface area contributed by atoms with Gasteiger partial charge in [0.2, 0.25) is 0 Å². The molecule has 0 aliphatic heterocycles. The zero-order valence-electron chi connectivity index (χ0n) is 14.5. The lowest BCUT2D eigenvalue weighted by molar-refractivity contribution is 0.476. The van der Waals surface area contributed by atoms with Crippen molar-refractivity contribution in [3.05, 3.63) is 46.0 Å². The van der Waals surface area contributed by atoms with Gasteiger partial charge in [0.15, 0.2) is 11.8 Å². The van der Waals surface area contributed by atoms with Crippen LogP contribution in [-0.2, 0) is 20.1 Å². The van der Waals surface area contributed by atoms with Gasteiger partial charge in [-0.05, 0) is 31.5 Å². The standard InChI is InChI=1S/C16H23BrN6.HI/c1-5-18-16(19-10-15-21-20-12(2)23(15)4)22(3)11-13-6-8-14(17)9-7-13;/h6-9H,5,10-11H2,1-4H3,(H,18,19);1H. The summed E-state index contributed by atoms with van der Waals surface area (Å²) >= 11 is 3.46. The van der Waals surface area contributed by atoms with Gasteiger partial charge < -0.3 is 14.8 Å². The van der Waals surface area contributed by atoms with Gasteiger partial charge in [-0.2, -0.15) is 0 Å². The van der Waals surface area contributed by atoms with E-state index in [0.717, 1.165) is 35.2 Å². The smallest absolute Gasteiger partial charge is 0.194 e. The summed E-state index contributed by atoms with van der Waals surface area (Å²) in [5.41, 5.74) is 1.23. The third-order valence-corrected chi connectivity index (χ3v) is 4.11. The van der Waals surface area contributed by atoms with Crippen molar-refractivity contribution in [3.63, 3.8) is 0 Å². The second-order valence-corrected chi connectivity index (χ2v) is 6.29. The minimum absolute atomic E-state index is 0. The van der Waals surface area contributed by atoms with Crippen molar-refractivity contribution in [2.24, 2.45) is 12.0 Å². The molecule has 0 fully saturated rings. The minimum Gasteiger partial charge on any atom is -0.357 e. The van der Waals surface area contributed by atoms with Gasteiger partial charge in [-0.15, -0.1) is 34.2 Å². The lowest BCUT2D eigenvalue weighted by Crippen LogP contribution is -2.38. The largest absolute Gasteiger partial charge is 0.357 e. The molecule has 24 heavy (non-hydrogen) atoms. The van der Waals surface area contributed by atoms with Crippen molar-refractivity contribution in [1.29, 1.82) is 0 Å². The molecule has 0 bridgehead atoms. The van der Waals surface area contributed by atoms with Gasteiger partial charge in [-0.25, -0.2) is 4.99 Å². The van der Waals surface area contributed by atoms with Gasteiger partial charge in [0.05, 0.1) is 0 Å². The van der Waals surface area contributed by atoms with E-state index < -0.39 is 0 Å². The maximum atomic E-state index is 4.67. The zero-order chi connectivity index (χ0) is 16.8. The van der Waals surface area contributed by atoms with Crippen LogP contribution in [0.1, 0.15) is 24.1 Å². The second-order valence-electron chi connectivity index (χ2n) is 5.38. The van der Waals surface area contributed by atoms with Crippen molar-refractivity contribution < 1.29 is 0 Å². The van der Waals surface area contributed by atoms with Crippen molar-refractivity contribution in [2.75, 3.05) is 13.6 Å². The van der Waals surface area contributed by atoms with E-state index in [1.54, 1.807) is 0 Å². The summed E-state index contributed by atoms with van der Waals surface area (Å²) in [5, 5.41) is 11.5. The highest BCUT2D eigenvalue weighted by atomic mass is 127. The first kappa shape index (κ1) is 20.9. The average Bonchev–Trinajstić information content (AvgIpc) is 2.85. The first-order valence-corrected chi connectivity index (χ1v) is 8.39. The van der Waals surface area contributed by atoms with Crippen LogP contribution in [-0.4, -0.2) is 39.2 Å². The number of nitrogens with one attached hydrogen (secondary N) is 1. The maximum Gasteiger partial charge on any atom is 0.194 e. The van der Waals surface area contributed by atoms with Crippen LogP contribution >= 0.6 is 39.9 Å². The summed E-state index contributed by atoms with van der Waals surface area (Å²) in [6, 6.07) is 8.32. The lowest BCUT2D eigenvalue weighted by Gasteiger charge is -2.22. The fourth-order valence-electron chi connectivity index (χ4n) is 2.14.